The highest BCUT2D eigenvalue weighted by Gasteiger charge is 2.47. The van der Waals surface area contributed by atoms with E-state index in [1.807, 2.05) is 23.3 Å². The maximum Gasteiger partial charge on any atom is 0.256 e. The summed E-state index contributed by atoms with van der Waals surface area (Å²) in [6.45, 7) is 14.3. The molecular formula is C38H50ClFN6O2. The molecule has 10 heteroatoms. The zero-order valence-electron chi connectivity index (χ0n) is 29.0. The van der Waals surface area contributed by atoms with E-state index >= 15 is 0 Å². The van der Waals surface area contributed by atoms with Crippen LogP contribution in [0.4, 0.5) is 4.39 Å². The third-order valence-corrected chi connectivity index (χ3v) is 12.5. The number of hydrogen-bond donors (Lipinski definition) is 0. The molecule has 48 heavy (non-hydrogen) atoms. The van der Waals surface area contributed by atoms with Crippen LogP contribution in [0.15, 0.2) is 36.8 Å². The Hall–Kier alpha value is -3.01. The van der Waals surface area contributed by atoms with E-state index in [-0.39, 0.29) is 17.9 Å². The minimum absolute atomic E-state index is 0.0233. The van der Waals surface area contributed by atoms with Crippen molar-refractivity contribution in [3.05, 3.63) is 58.8 Å². The van der Waals surface area contributed by atoms with Crippen molar-refractivity contribution in [3.8, 4) is 5.69 Å². The van der Waals surface area contributed by atoms with Crippen LogP contribution in [-0.4, -0.2) is 105 Å². The van der Waals surface area contributed by atoms with Crippen LogP contribution < -0.4 is 0 Å². The molecule has 1 aromatic carbocycles. The average molecular weight is 677 g/mol. The van der Waals surface area contributed by atoms with E-state index in [1.165, 1.54) is 31.4 Å². The zero-order valence-corrected chi connectivity index (χ0v) is 29.8. The summed E-state index contributed by atoms with van der Waals surface area (Å²) in [5.41, 5.74) is 2.92. The van der Waals surface area contributed by atoms with Crippen molar-refractivity contribution < 1.29 is 14.0 Å². The fourth-order valence-electron chi connectivity index (χ4n) is 9.24. The van der Waals surface area contributed by atoms with Gasteiger partial charge in [0.25, 0.3) is 5.91 Å². The summed E-state index contributed by atoms with van der Waals surface area (Å²) in [5, 5.41) is 1.55. The number of likely N-dealkylation sites (tertiary alicyclic amines) is 3. The van der Waals surface area contributed by atoms with Crippen LogP contribution in [0.1, 0.15) is 69.3 Å². The molecule has 3 saturated heterocycles. The molecule has 0 radical (unpaired) electrons. The van der Waals surface area contributed by atoms with Gasteiger partial charge in [-0.2, -0.15) is 0 Å². The first-order valence-electron chi connectivity index (χ1n) is 18.0. The first-order valence-corrected chi connectivity index (χ1v) is 18.3. The predicted octanol–water partition coefficient (Wildman–Crippen LogP) is 6.13. The van der Waals surface area contributed by atoms with Gasteiger partial charge in [-0.1, -0.05) is 18.5 Å². The number of rotatable bonds is 9. The molecule has 1 aliphatic carbocycles. The van der Waals surface area contributed by atoms with Crippen LogP contribution in [0.3, 0.4) is 0 Å². The molecule has 3 aromatic rings. The van der Waals surface area contributed by atoms with Crippen molar-refractivity contribution in [2.24, 2.45) is 23.7 Å². The second kappa shape index (κ2) is 13.4. The van der Waals surface area contributed by atoms with E-state index in [1.54, 1.807) is 37.3 Å². The fourth-order valence-corrected chi connectivity index (χ4v) is 9.52. The standard InChI is InChI=1S/C38H50ClFN6O2/c1-6-34(26-12-31(13-26)45-20-28-18-44(24(4)47)19-29(28)21-45)43-10-9-25(17-43)11-27-22-46(36-16-41-15-33(39)37(27)36)35-8-7-30(40)14-32(35)38(48)42(5)23(2)3/h7-8,14-16,22-23,25-26,28-29,31,34H,6,9-13,17-21H2,1-5H3/t25-,26?,28-,29-,31?,34-/m1/s1. The van der Waals surface area contributed by atoms with E-state index in [4.69, 9.17) is 11.6 Å². The highest BCUT2D eigenvalue weighted by molar-refractivity contribution is 6.35. The number of aromatic nitrogens is 2. The Morgan fingerprint density at radius 2 is 1.81 bits per heavy atom. The summed E-state index contributed by atoms with van der Waals surface area (Å²) in [6, 6.07) is 5.72. The number of pyridine rings is 1. The van der Waals surface area contributed by atoms with Gasteiger partial charge in [0.15, 0.2) is 0 Å². The van der Waals surface area contributed by atoms with Crippen molar-refractivity contribution in [3.63, 3.8) is 0 Å². The number of benzene rings is 1. The lowest BCUT2D eigenvalue weighted by Gasteiger charge is -2.47. The fraction of sp³-hybridized carbons (Fsp3) is 0.605. The van der Waals surface area contributed by atoms with E-state index < -0.39 is 5.82 Å². The smallest absolute Gasteiger partial charge is 0.256 e. The van der Waals surface area contributed by atoms with Crippen LogP contribution in [0.25, 0.3) is 16.6 Å². The molecule has 1 saturated carbocycles. The second-order valence-electron chi connectivity index (χ2n) is 15.3. The Labute approximate surface area is 289 Å². The summed E-state index contributed by atoms with van der Waals surface area (Å²) >= 11 is 6.81. The topological polar surface area (TPSA) is 64.9 Å². The molecule has 4 fully saturated rings. The molecule has 5 heterocycles. The quantitative estimate of drug-likeness (QED) is 0.273. The van der Waals surface area contributed by atoms with Gasteiger partial charge in [0.2, 0.25) is 5.91 Å². The molecule has 0 spiro atoms. The Bertz CT molecular complexity index is 1670. The minimum atomic E-state index is -0.439. The summed E-state index contributed by atoms with van der Waals surface area (Å²) < 4.78 is 16.5. The van der Waals surface area contributed by atoms with Crippen molar-refractivity contribution >= 4 is 34.3 Å². The third-order valence-electron chi connectivity index (χ3n) is 12.2. The molecule has 7 rings (SSSR count). The Kier molecular flexibility index (Phi) is 9.32. The van der Waals surface area contributed by atoms with Gasteiger partial charge in [-0.25, -0.2) is 4.39 Å². The highest BCUT2D eigenvalue weighted by Crippen LogP contribution is 2.43. The SMILES string of the molecule is CC[C@H](C1CC(N2C[C@H]3CN(C(C)=O)C[C@@H]3C2)C1)N1CC[C@H](Cc2cn(-c3ccc(F)cc3C(=O)N(C)C(C)C)c3cncc(Cl)c23)C1. The molecule has 0 N–H and O–H groups in total. The van der Waals surface area contributed by atoms with Crippen LogP contribution in [-0.2, 0) is 11.2 Å². The van der Waals surface area contributed by atoms with Crippen molar-refractivity contribution in [2.45, 2.75) is 77.9 Å². The molecular weight excluding hydrogens is 627 g/mol. The lowest BCUT2D eigenvalue weighted by atomic mass is 9.73. The van der Waals surface area contributed by atoms with Gasteiger partial charge < -0.3 is 14.4 Å². The number of fused-ring (bicyclic) bond motifs is 2. The average Bonchev–Trinajstić information content (AvgIpc) is 3.82. The predicted molar refractivity (Wildman–Crippen MR) is 188 cm³/mol. The molecule has 4 aliphatic rings. The van der Waals surface area contributed by atoms with E-state index in [9.17, 15) is 14.0 Å². The van der Waals surface area contributed by atoms with Crippen molar-refractivity contribution in [1.82, 2.24) is 29.2 Å². The van der Waals surface area contributed by atoms with E-state index in [0.717, 1.165) is 74.5 Å². The van der Waals surface area contributed by atoms with Crippen molar-refractivity contribution in [2.75, 3.05) is 46.3 Å². The van der Waals surface area contributed by atoms with Gasteiger partial charge in [0, 0.05) is 82.6 Å². The first-order chi connectivity index (χ1) is 23.0. The number of nitrogens with zero attached hydrogens (tertiary/aromatic N) is 6. The van der Waals surface area contributed by atoms with Crippen LogP contribution in [0.5, 0.6) is 0 Å². The van der Waals surface area contributed by atoms with Gasteiger partial charge in [-0.3, -0.25) is 24.4 Å². The van der Waals surface area contributed by atoms with Crippen LogP contribution in [0, 0.1) is 29.5 Å². The lowest BCUT2D eigenvalue weighted by molar-refractivity contribution is -0.128. The van der Waals surface area contributed by atoms with Gasteiger partial charge in [0.1, 0.15) is 5.82 Å². The Morgan fingerprint density at radius 3 is 2.48 bits per heavy atom. The molecule has 2 amide bonds. The molecule has 0 bridgehead atoms. The third kappa shape index (κ3) is 6.15. The molecule has 3 aliphatic heterocycles. The number of amides is 2. The van der Waals surface area contributed by atoms with Gasteiger partial charge in [-0.05, 0) is 99.9 Å². The number of carbonyl (C=O) groups is 2. The monoisotopic (exact) mass is 676 g/mol. The van der Waals surface area contributed by atoms with Gasteiger partial charge in [0.05, 0.1) is 28.0 Å². The Balaban J connectivity index is 1.04. The normalized spacial score (nSPS) is 26.8. The van der Waals surface area contributed by atoms with Gasteiger partial charge in [-0.15, -0.1) is 0 Å². The number of carbonyl (C=O) groups excluding carboxylic acids is 2. The van der Waals surface area contributed by atoms with E-state index in [2.05, 4.69) is 27.9 Å². The molecule has 0 unspecified atom stereocenters. The molecule has 4 atom stereocenters. The summed E-state index contributed by atoms with van der Waals surface area (Å²) in [4.78, 5) is 38.9. The molecule has 8 nitrogen and oxygen atoms in total. The van der Waals surface area contributed by atoms with Crippen LogP contribution >= 0.6 is 11.6 Å². The highest BCUT2D eigenvalue weighted by atomic mass is 35.5. The number of hydrogen-bond acceptors (Lipinski definition) is 5. The van der Waals surface area contributed by atoms with Crippen LogP contribution in [0.2, 0.25) is 5.02 Å². The first kappa shape index (κ1) is 33.5. The Morgan fingerprint density at radius 1 is 1.08 bits per heavy atom. The summed E-state index contributed by atoms with van der Waals surface area (Å²) in [5.74, 6) is 2.12. The largest absolute Gasteiger partial charge is 0.342 e. The van der Waals surface area contributed by atoms with E-state index in [0.29, 0.717) is 46.1 Å². The zero-order chi connectivity index (χ0) is 33.9. The maximum atomic E-state index is 14.5. The lowest BCUT2D eigenvalue weighted by Crippen LogP contribution is -2.52. The molecule has 258 valence electrons. The summed E-state index contributed by atoms with van der Waals surface area (Å²) in [7, 11) is 1.75. The number of halogens is 2. The summed E-state index contributed by atoms with van der Waals surface area (Å²) in [6.07, 6.45) is 11.4. The minimum Gasteiger partial charge on any atom is -0.342 e. The van der Waals surface area contributed by atoms with Crippen molar-refractivity contribution in [1.29, 1.82) is 0 Å². The molecule has 2 aromatic heterocycles. The maximum absolute atomic E-state index is 14.5. The second-order valence-corrected chi connectivity index (χ2v) is 15.7. The van der Waals surface area contributed by atoms with Gasteiger partial charge >= 0.3 is 0 Å².